The van der Waals surface area contributed by atoms with Crippen LogP contribution in [0.1, 0.15) is 200 Å². The van der Waals surface area contributed by atoms with Gasteiger partial charge in [0.1, 0.15) is 6.10 Å². The molecule has 43 heavy (non-hydrogen) atoms. The smallest absolute Gasteiger partial charge is 0.154 e. The average Bonchev–Trinajstić information content (AvgIpc) is 2.97. The van der Waals surface area contributed by atoms with E-state index in [1.54, 1.807) is 0 Å². The first kappa shape index (κ1) is 42.8. The zero-order valence-corrected chi connectivity index (χ0v) is 31.0. The molecular weight excluding hydrogens is 545 g/mol. The van der Waals surface area contributed by atoms with Gasteiger partial charge in [-0.25, -0.2) is 0 Å². The predicted octanol–water partition coefficient (Wildman–Crippen LogP) is 11.7. The fourth-order valence-electron chi connectivity index (χ4n) is 6.03. The van der Waals surface area contributed by atoms with Crippen molar-refractivity contribution in [2.24, 2.45) is 0 Å². The minimum Gasteiger partial charge on any atom is -0.827 e. The van der Waals surface area contributed by atoms with E-state index < -0.39 is 6.10 Å². The van der Waals surface area contributed by atoms with Gasteiger partial charge in [0.15, 0.2) is 5.78 Å². The zero-order chi connectivity index (χ0) is 31.9. The third-order valence-corrected chi connectivity index (χ3v) is 10.7. The summed E-state index contributed by atoms with van der Waals surface area (Å²) in [5.41, 5.74) is 0.321. The van der Waals surface area contributed by atoms with Gasteiger partial charge in [0, 0.05) is 0 Å². The van der Waals surface area contributed by atoms with E-state index >= 15 is 0 Å². The molecule has 0 saturated heterocycles. The lowest BCUT2D eigenvalue weighted by atomic mass is 10.0. The number of rotatable bonds is 33. The maximum atomic E-state index is 12.8. The number of hydrogen-bond donors (Lipinski definition) is 1. The Balaban J connectivity index is 3.90. The maximum absolute atomic E-state index is 12.8. The number of nitrogens with zero attached hydrogens (tertiary/aromatic N) is 1. The molecule has 0 amide bonds. The molecule has 0 rings (SSSR count). The summed E-state index contributed by atoms with van der Waals surface area (Å²) in [6, 6.07) is 0. The van der Waals surface area contributed by atoms with E-state index in [1.165, 1.54) is 161 Å². The molecule has 2 atom stereocenters. The van der Waals surface area contributed by atoms with Crippen LogP contribution in [0.4, 0.5) is 0 Å². The Labute approximate surface area is 273 Å². The molecule has 0 heterocycles. The molecule has 1 N–H and O–H groups in total. The first-order valence-electron chi connectivity index (χ1n) is 19.2. The van der Waals surface area contributed by atoms with Crippen LogP contribution in [-0.4, -0.2) is 48.1 Å². The Morgan fingerprint density at radius 1 is 0.558 bits per heavy atom. The summed E-state index contributed by atoms with van der Waals surface area (Å²) in [4.78, 5) is 0. The van der Waals surface area contributed by atoms with Crippen LogP contribution in [0.25, 0.3) is 0 Å². The molecule has 0 aliphatic rings. The third-order valence-electron chi connectivity index (χ3n) is 8.92. The minimum atomic E-state index is -0.394. The number of unbranched alkanes of at least 4 members (excludes halogenated alkanes) is 24. The Morgan fingerprint density at radius 2 is 0.907 bits per heavy atom. The first-order valence-corrected chi connectivity index (χ1v) is 20.2. The Bertz CT molecular complexity index is 627. The number of hydrogen-bond acceptors (Lipinski definition) is 2. The molecule has 0 bridgehead atoms. The van der Waals surface area contributed by atoms with E-state index in [-0.39, 0.29) is 5.78 Å². The molecule has 0 aliphatic carbocycles. The molecule has 0 aromatic rings. The van der Waals surface area contributed by atoms with E-state index in [0.717, 1.165) is 27.5 Å². The van der Waals surface area contributed by atoms with Crippen molar-refractivity contribution in [3.05, 3.63) is 12.2 Å². The van der Waals surface area contributed by atoms with Gasteiger partial charge in [0.25, 0.3) is 0 Å². The highest BCUT2D eigenvalue weighted by molar-refractivity contribution is 7.40. The van der Waals surface area contributed by atoms with Gasteiger partial charge in [-0.2, -0.15) is 0 Å². The van der Waals surface area contributed by atoms with Gasteiger partial charge in [-0.3, -0.25) is 0 Å². The molecule has 4 heteroatoms. The molecule has 0 aliphatic heterocycles. The third kappa shape index (κ3) is 30.2. The van der Waals surface area contributed by atoms with Gasteiger partial charge in [-0.05, 0) is 38.5 Å². The summed E-state index contributed by atoms with van der Waals surface area (Å²) in [5, 5.41) is 23.8. The molecule has 3 nitrogen and oxygen atoms in total. The van der Waals surface area contributed by atoms with Crippen molar-refractivity contribution < 1.29 is 14.7 Å². The summed E-state index contributed by atoms with van der Waals surface area (Å²) in [6.07, 6.45) is 41.4. The number of allylic oxidation sites excluding steroid dienone is 2. The van der Waals surface area contributed by atoms with Crippen molar-refractivity contribution in [2.75, 3.05) is 21.1 Å². The number of likely N-dealkylation sites (N-methyl/N-ethyl adjacent to an activating group) is 1. The first-order chi connectivity index (χ1) is 20.8. The molecule has 256 valence electrons. The highest BCUT2D eigenvalue weighted by Crippen LogP contribution is 2.26. The second-order valence-electron chi connectivity index (χ2n) is 14.3. The second-order valence-corrected chi connectivity index (χ2v) is 15.6. The van der Waals surface area contributed by atoms with Crippen LogP contribution in [0.5, 0.6) is 0 Å². The second kappa shape index (κ2) is 31.8. The Morgan fingerprint density at radius 3 is 1.30 bits per heavy atom. The maximum Gasteiger partial charge on any atom is 0.154 e. The largest absolute Gasteiger partial charge is 0.827 e. The molecule has 0 spiro atoms. The highest BCUT2D eigenvalue weighted by Gasteiger charge is 2.29. The van der Waals surface area contributed by atoms with Gasteiger partial charge < -0.3 is 14.7 Å². The zero-order valence-electron chi connectivity index (χ0n) is 30.1. The van der Waals surface area contributed by atoms with E-state index in [0.29, 0.717) is 16.4 Å². The Kier molecular flexibility index (Phi) is 31.6. The topological polar surface area (TPSA) is 43.3 Å². The molecule has 0 aromatic heterocycles. The van der Waals surface area contributed by atoms with Crippen molar-refractivity contribution in [1.82, 2.24) is 0 Å². The average molecular weight is 624 g/mol. The standard InChI is InChI=1S/C39H78NO2P/c1-6-8-10-12-14-16-18-20-21-22-24-25-27-29-31-33-35-37(41)39(40(3,4)5)43-38(42)36-34-32-30-28-26-23-19-17-15-13-11-9-7-2/h20-21,37,39,41H,6-19,22-36H2,1-5H3/b21-20-. The molecule has 2 unspecified atom stereocenters. The van der Waals surface area contributed by atoms with E-state index in [1.807, 2.05) is 0 Å². The minimum absolute atomic E-state index is 0.0161. The van der Waals surface area contributed by atoms with E-state index in [9.17, 15) is 10.2 Å². The van der Waals surface area contributed by atoms with Crippen LogP contribution in [0, 0.1) is 0 Å². The fourth-order valence-corrected chi connectivity index (χ4v) is 7.28. The van der Waals surface area contributed by atoms with Crippen LogP contribution < -0.4 is 5.11 Å². The molecule has 0 radical (unpaired) electrons. The van der Waals surface area contributed by atoms with Crippen LogP contribution in [0.3, 0.4) is 0 Å². The van der Waals surface area contributed by atoms with Crippen LogP contribution >= 0.6 is 8.20 Å². The van der Waals surface area contributed by atoms with Crippen LogP contribution in [0.2, 0.25) is 0 Å². The van der Waals surface area contributed by atoms with Crippen molar-refractivity contribution in [2.45, 2.75) is 212 Å². The molecule has 0 saturated carbocycles. The lowest BCUT2D eigenvalue weighted by Crippen LogP contribution is -2.49. The summed E-state index contributed by atoms with van der Waals surface area (Å²) < 4.78 is 0.652. The van der Waals surface area contributed by atoms with Gasteiger partial charge in [-0.1, -0.05) is 182 Å². The SMILES string of the molecule is CCCCCCCC/C=C\CCCCCCCCC(O)C(P=C([O-])CCCCCCCCCCCCCCC)[N+](C)(C)C. The van der Waals surface area contributed by atoms with Crippen molar-refractivity contribution in [1.29, 1.82) is 0 Å². The predicted molar refractivity (Wildman–Crippen MR) is 194 cm³/mol. The van der Waals surface area contributed by atoms with E-state index in [4.69, 9.17) is 0 Å². The van der Waals surface area contributed by atoms with Gasteiger partial charge in [0.2, 0.25) is 0 Å². The lowest BCUT2D eigenvalue weighted by molar-refractivity contribution is -0.884. The van der Waals surface area contributed by atoms with Crippen LogP contribution in [-0.2, 0) is 0 Å². The molecule has 0 aromatic carbocycles. The Hall–Kier alpha value is -0.210. The lowest BCUT2D eigenvalue weighted by Gasteiger charge is -2.36. The van der Waals surface area contributed by atoms with Crippen molar-refractivity contribution in [3.8, 4) is 0 Å². The summed E-state index contributed by atoms with van der Waals surface area (Å²) >= 11 is 0. The van der Waals surface area contributed by atoms with Gasteiger partial charge in [-0.15, -0.1) is 5.48 Å². The quantitative estimate of drug-likeness (QED) is 0.0342. The van der Waals surface area contributed by atoms with Gasteiger partial charge >= 0.3 is 0 Å². The molecule has 0 fully saturated rings. The monoisotopic (exact) mass is 624 g/mol. The van der Waals surface area contributed by atoms with E-state index in [2.05, 4.69) is 47.1 Å². The molecular formula is C39H78NO2P. The van der Waals surface area contributed by atoms with Gasteiger partial charge in [0.05, 0.1) is 21.1 Å². The van der Waals surface area contributed by atoms with Crippen molar-refractivity contribution in [3.63, 3.8) is 0 Å². The number of aliphatic hydroxyl groups excluding tert-OH is 1. The summed E-state index contributed by atoms with van der Waals surface area (Å²) in [7, 11) is 7.20. The van der Waals surface area contributed by atoms with Crippen LogP contribution in [0.15, 0.2) is 12.2 Å². The summed E-state index contributed by atoms with van der Waals surface area (Å²) in [5.74, 6) is -0.0161. The van der Waals surface area contributed by atoms with Crippen molar-refractivity contribution >= 4 is 13.7 Å². The summed E-state index contributed by atoms with van der Waals surface area (Å²) in [6.45, 7) is 4.56. The normalized spacial score (nSPS) is 14.2. The fraction of sp³-hybridized carbons (Fsp3) is 0.923. The highest BCUT2D eigenvalue weighted by atomic mass is 31.1. The number of aliphatic hydroxyl groups is 1. The number of quaternary nitrogens is 1.